The number of thioether (sulfide) groups is 1. The summed E-state index contributed by atoms with van der Waals surface area (Å²) < 4.78 is 1.03. The molecule has 2 aromatic heterocycles. The first-order valence-electron chi connectivity index (χ1n) is 10.5. The number of nitrogens with zero attached hydrogens (tertiary/aromatic N) is 1. The van der Waals surface area contributed by atoms with Crippen molar-refractivity contribution < 1.29 is 9.59 Å². The van der Waals surface area contributed by atoms with E-state index in [0.717, 1.165) is 20.7 Å². The number of amides is 2. The number of benzene rings is 3. The Hall–Kier alpha value is -3.46. The van der Waals surface area contributed by atoms with Gasteiger partial charge in [0, 0.05) is 10.6 Å². The minimum Gasteiger partial charge on any atom is -0.321 e. The standard InChI is InChI=1S/C26H19N3O2S3/c30-24(22-11-6-16-32-22)27-18-12-14-19(15-13-18)33-23(17-7-2-1-3-8-17)25(31)29-26-28-20-9-4-5-10-21(20)34-26/h1-16,23H,(H,27,30)(H,28,29,31). The van der Waals surface area contributed by atoms with E-state index in [9.17, 15) is 9.59 Å². The zero-order chi connectivity index (χ0) is 23.3. The molecule has 5 rings (SSSR count). The van der Waals surface area contributed by atoms with Crippen LogP contribution < -0.4 is 10.6 Å². The van der Waals surface area contributed by atoms with Crippen LogP contribution in [-0.4, -0.2) is 16.8 Å². The maximum Gasteiger partial charge on any atom is 0.265 e. The number of hydrogen-bond donors (Lipinski definition) is 2. The van der Waals surface area contributed by atoms with Gasteiger partial charge in [0.2, 0.25) is 5.91 Å². The smallest absolute Gasteiger partial charge is 0.265 e. The fraction of sp³-hybridized carbons (Fsp3) is 0.0385. The van der Waals surface area contributed by atoms with Crippen LogP contribution in [0.1, 0.15) is 20.5 Å². The average molecular weight is 502 g/mol. The first-order valence-corrected chi connectivity index (χ1v) is 13.1. The molecule has 1 unspecified atom stereocenters. The molecule has 5 aromatic rings. The number of fused-ring (bicyclic) bond motifs is 1. The lowest BCUT2D eigenvalue weighted by Crippen LogP contribution is -2.18. The predicted octanol–water partition coefficient (Wildman–Crippen LogP) is 7.08. The molecule has 2 amide bonds. The molecule has 0 radical (unpaired) electrons. The van der Waals surface area contributed by atoms with Gasteiger partial charge in [-0.1, -0.05) is 59.9 Å². The zero-order valence-corrected chi connectivity index (χ0v) is 20.3. The molecule has 0 aliphatic heterocycles. The van der Waals surface area contributed by atoms with E-state index in [0.29, 0.717) is 15.7 Å². The van der Waals surface area contributed by atoms with Gasteiger partial charge in [0.25, 0.3) is 5.91 Å². The molecule has 0 saturated heterocycles. The van der Waals surface area contributed by atoms with Crippen molar-refractivity contribution in [2.45, 2.75) is 10.1 Å². The van der Waals surface area contributed by atoms with E-state index in [1.807, 2.05) is 90.3 Å². The minimum atomic E-state index is -0.459. The number of aromatic nitrogens is 1. The molecule has 0 spiro atoms. The number of thiophene rings is 1. The van der Waals surface area contributed by atoms with Gasteiger partial charge in [-0.2, -0.15) is 0 Å². The first kappa shape index (κ1) is 22.3. The van der Waals surface area contributed by atoms with Gasteiger partial charge in [0.15, 0.2) is 5.13 Å². The van der Waals surface area contributed by atoms with E-state index in [-0.39, 0.29) is 11.8 Å². The van der Waals surface area contributed by atoms with Gasteiger partial charge in [0.1, 0.15) is 5.25 Å². The lowest BCUT2D eigenvalue weighted by Gasteiger charge is -2.16. The number of para-hydroxylation sites is 1. The molecule has 0 fully saturated rings. The van der Waals surface area contributed by atoms with Gasteiger partial charge in [-0.15, -0.1) is 23.1 Å². The van der Waals surface area contributed by atoms with Crippen LogP contribution >= 0.6 is 34.4 Å². The largest absolute Gasteiger partial charge is 0.321 e. The molecule has 0 aliphatic carbocycles. The van der Waals surface area contributed by atoms with E-state index in [4.69, 9.17) is 0 Å². The van der Waals surface area contributed by atoms with Crippen LogP contribution in [0.4, 0.5) is 10.8 Å². The van der Waals surface area contributed by atoms with E-state index in [1.165, 1.54) is 34.4 Å². The summed E-state index contributed by atoms with van der Waals surface area (Å²) in [6, 6.07) is 28.7. The van der Waals surface area contributed by atoms with E-state index >= 15 is 0 Å². The minimum absolute atomic E-state index is 0.132. The molecular weight excluding hydrogens is 483 g/mol. The third kappa shape index (κ3) is 5.20. The highest BCUT2D eigenvalue weighted by atomic mass is 32.2. The summed E-state index contributed by atoms with van der Waals surface area (Å²) in [7, 11) is 0. The number of carbonyl (C=O) groups is 2. The monoisotopic (exact) mass is 501 g/mol. The highest BCUT2D eigenvalue weighted by molar-refractivity contribution is 8.00. The van der Waals surface area contributed by atoms with Crippen molar-refractivity contribution in [1.82, 2.24) is 4.98 Å². The average Bonchev–Trinajstić information content (AvgIpc) is 3.54. The van der Waals surface area contributed by atoms with E-state index < -0.39 is 5.25 Å². The van der Waals surface area contributed by atoms with Crippen molar-refractivity contribution in [3.05, 3.63) is 107 Å². The van der Waals surface area contributed by atoms with Gasteiger partial charge in [-0.3, -0.25) is 9.59 Å². The third-order valence-corrected chi connectivity index (χ3v) is 8.06. The topological polar surface area (TPSA) is 71.1 Å². The van der Waals surface area contributed by atoms with E-state index in [2.05, 4.69) is 15.6 Å². The quantitative estimate of drug-likeness (QED) is 0.234. The lowest BCUT2D eigenvalue weighted by atomic mass is 10.1. The van der Waals surface area contributed by atoms with Gasteiger partial charge < -0.3 is 10.6 Å². The second-order valence-corrected chi connectivity index (χ2v) is 10.5. The number of hydrogen-bond acceptors (Lipinski definition) is 6. The fourth-order valence-corrected chi connectivity index (χ4v) is 5.86. The predicted molar refractivity (Wildman–Crippen MR) is 142 cm³/mol. The number of thiazole rings is 1. The Bertz CT molecular complexity index is 1380. The van der Waals surface area contributed by atoms with Crippen LogP contribution in [0.25, 0.3) is 10.2 Å². The van der Waals surface area contributed by atoms with Crippen molar-refractivity contribution in [3.8, 4) is 0 Å². The fourth-order valence-electron chi connectivity index (χ4n) is 3.35. The Balaban J connectivity index is 1.33. The maximum absolute atomic E-state index is 13.3. The Labute approximate surface area is 208 Å². The van der Waals surface area contributed by atoms with Crippen LogP contribution in [0.3, 0.4) is 0 Å². The molecule has 1 atom stereocenters. The van der Waals surface area contributed by atoms with Crippen molar-refractivity contribution in [3.63, 3.8) is 0 Å². The van der Waals surface area contributed by atoms with Crippen LogP contribution in [0.5, 0.6) is 0 Å². The summed E-state index contributed by atoms with van der Waals surface area (Å²) in [6.07, 6.45) is 0. The molecule has 168 valence electrons. The van der Waals surface area contributed by atoms with Gasteiger partial charge in [-0.05, 0) is 53.4 Å². The highest BCUT2D eigenvalue weighted by Gasteiger charge is 2.23. The summed E-state index contributed by atoms with van der Waals surface area (Å²) >= 11 is 4.31. The molecular formula is C26H19N3O2S3. The molecule has 0 saturated carbocycles. The number of rotatable bonds is 7. The van der Waals surface area contributed by atoms with Crippen molar-refractivity contribution >= 4 is 67.3 Å². The lowest BCUT2D eigenvalue weighted by molar-refractivity contribution is -0.115. The number of carbonyl (C=O) groups excluding carboxylic acids is 2. The van der Waals surface area contributed by atoms with Gasteiger partial charge in [0.05, 0.1) is 15.1 Å². The van der Waals surface area contributed by atoms with Crippen LogP contribution in [0, 0.1) is 0 Å². The molecule has 5 nitrogen and oxygen atoms in total. The number of anilines is 2. The van der Waals surface area contributed by atoms with Gasteiger partial charge >= 0.3 is 0 Å². The summed E-state index contributed by atoms with van der Waals surface area (Å²) in [5.74, 6) is -0.266. The van der Waals surface area contributed by atoms with Crippen LogP contribution in [-0.2, 0) is 4.79 Å². The SMILES string of the molecule is O=C(Nc1ccc(SC(C(=O)Nc2nc3ccccc3s2)c2ccccc2)cc1)c1cccs1. The third-order valence-electron chi connectivity index (χ3n) is 4.98. The zero-order valence-electron chi connectivity index (χ0n) is 17.8. The van der Waals surface area contributed by atoms with Crippen LogP contribution in [0.2, 0.25) is 0 Å². The van der Waals surface area contributed by atoms with Crippen molar-refractivity contribution in [2.75, 3.05) is 10.6 Å². The summed E-state index contributed by atoms with van der Waals surface area (Å²) in [6.45, 7) is 0. The molecule has 2 N–H and O–H groups in total. The van der Waals surface area contributed by atoms with Crippen molar-refractivity contribution in [1.29, 1.82) is 0 Å². The molecule has 0 bridgehead atoms. The second kappa shape index (κ2) is 10.2. The second-order valence-electron chi connectivity index (χ2n) is 7.34. The Kier molecular flexibility index (Phi) is 6.71. The molecule has 34 heavy (non-hydrogen) atoms. The maximum atomic E-state index is 13.3. The molecule has 2 heterocycles. The highest BCUT2D eigenvalue weighted by Crippen LogP contribution is 2.37. The Morgan fingerprint density at radius 3 is 2.32 bits per heavy atom. The van der Waals surface area contributed by atoms with Crippen LogP contribution in [0.15, 0.2) is 101 Å². The summed E-state index contributed by atoms with van der Waals surface area (Å²) in [5.41, 5.74) is 2.48. The number of nitrogens with one attached hydrogen (secondary N) is 2. The molecule has 3 aromatic carbocycles. The Morgan fingerprint density at radius 2 is 1.59 bits per heavy atom. The summed E-state index contributed by atoms with van der Waals surface area (Å²) in [5, 5.41) is 7.89. The molecule has 0 aliphatic rings. The first-order chi connectivity index (χ1) is 16.7. The normalized spacial score (nSPS) is 11.8. The Morgan fingerprint density at radius 1 is 0.824 bits per heavy atom. The summed E-state index contributed by atoms with van der Waals surface area (Å²) in [4.78, 5) is 31.7. The molecule has 8 heteroatoms. The van der Waals surface area contributed by atoms with E-state index in [1.54, 1.807) is 6.07 Å². The van der Waals surface area contributed by atoms with Gasteiger partial charge in [-0.25, -0.2) is 4.98 Å². The van der Waals surface area contributed by atoms with Crippen molar-refractivity contribution in [2.24, 2.45) is 0 Å².